The van der Waals surface area contributed by atoms with E-state index in [4.69, 9.17) is 5.73 Å². The monoisotopic (exact) mass is 473 g/mol. The number of phenolic OH excluding ortho intramolecular Hbond substituents is 1. The first-order valence-corrected chi connectivity index (χ1v) is 11.3. The Balaban J connectivity index is 0.000000207. The van der Waals surface area contributed by atoms with E-state index in [9.17, 15) is 13.9 Å². The van der Waals surface area contributed by atoms with Crippen molar-refractivity contribution in [3.63, 3.8) is 0 Å². The van der Waals surface area contributed by atoms with Gasteiger partial charge in [-0.2, -0.15) is 9.67 Å². The number of nitrogens with one attached hydrogen (secondary N) is 1. The number of halogens is 2. The van der Waals surface area contributed by atoms with E-state index in [1.165, 1.54) is 49.4 Å². The van der Waals surface area contributed by atoms with Crippen LogP contribution < -0.4 is 11.1 Å². The predicted molar refractivity (Wildman–Crippen MR) is 123 cm³/mol. The van der Waals surface area contributed by atoms with Gasteiger partial charge in [-0.15, -0.1) is 5.10 Å². The number of aromatic nitrogens is 6. The molecule has 34 heavy (non-hydrogen) atoms. The fourth-order valence-electron chi connectivity index (χ4n) is 4.68. The topological polar surface area (TPSA) is 131 Å². The second-order valence-electron chi connectivity index (χ2n) is 9.20. The average Bonchev–Trinajstić information content (AvgIpc) is 3.43. The number of nitrogens with zero attached hydrogens (tertiary/aromatic N) is 7. The van der Waals surface area contributed by atoms with Gasteiger partial charge in [-0.05, 0) is 69.5 Å². The molecule has 4 N–H and O–H groups in total. The summed E-state index contributed by atoms with van der Waals surface area (Å²) in [5.74, 6) is -2.01. The molecule has 0 saturated carbocycles. The minimum absolute atomic E-state index is 0.0706. The van der Waals surface area contributed by atoms with E-state index in [1.54, 1.807) is 6.92 Å². The summed E-state index contributed by atoms with van der Waals surface area (Å²) >= 11 is 0. The van der Waals surface area contributed by atoms with Crippen molar-refractivity contribution < 1.29 is 13.9 Å². The molecule has 4 heterocycles. The number of fused-ring (bicyclic) bond motifs is 1. The third-order valence-corrected chi connectivity index (χ3v) is 6.42. The average molecular weight is 474 g/mol. The largest absolute Gasteiger partial charge is 0.506 e. The van der Waals surface area contributed by atoms with E-state index in [2.05, 4.69) is 49.6 Å². The van der Waals surface area contributed by atoms with Crippen molar-refractivity contribution in [2.75, 3.05) is 17.6 Å². The molecule has 0 amide bonds. The van der Waals surface area contributed by atoms with Crippen LogP contribution in [0.2, 0.25) is 0 Å². The standard InChI is InChI=1S/C12H10F2N8O.C10H19N/c1-5-19-20-21-22(5)9-3-8(6(13)2-10(9)23)17-12-16-4-7(14)11(15)18-12;1-10(2)7-3-5-9-6-4-8-11(9)10/h2-4,23H,1H3,(H3,15,16,17,18);9H,3-8H2,1-2H3. The van der Waals surface area contributed by atoms with Crippen molar-refractivity contribution in [3.05, 3.63) is 35.8 Å². The lowest BCUT2D eigenvalue weighted by Crippen LogP contribution is -2.49. The summed E-state index contributed by atoms with van der Waals surface area (Å²) in [4.78, 5) is 10.0. The molecule has 2 saturated heterocycles. The highest BCUT2D eigenvalue weighted by Crippen LogP contribution is 2.37. The number of phenols is 1. The number of hydrogen-bond acceptors (Lipinski definition) is 9. The molecule has 2 aliphatic heterocycles. The molecule has 1 aromatic carbocycles. The van der Waals surface area contributed by atoms with E-state index >= 15 is 0 Å². The molecule has 3 aromatic rings. The molecule has 0 radical (unpaired) electrons. The van der Waals surface area contributed by atoms with Crippen LogP contribution >= 0.6 is 0 Å². The van der Waals surface area contributed by atoms with E-state index in [0.29, 0.717) is 11.4 Å². The normalized spacial score (nSPS) is 19.3. The number of piperidine rings is 1. The van der Waals surface area contributed by atoms with Crippen LogP contribution in [-0.4, -0.2) is 58.3 Å². The Labute approximate surface area is 196 Å². The minimum Gasteiger partial charge on any atom is -0.506 e. The van der Waals surface area contributed by atoms with Gasteiger partial charge in [0.25, 0.3) is 0 Å². The van der Waals surface area contributed by atoms with E-state index in [0.717, 1.165) is 18.3 Å². The smallest absolute Gasteiger partial charge is 0.229 e. The minimum atomic E-state index is -0.785. The summed E-state index contributed by atoms with van der Waals surface area (Å²) in [6.45, 7) is 7.78. The van der Waals surface area contributed by atoms with Crippen molar-refractivity contribution in [2.45, 2.75) is 64.5 Å². The SMILES string of the molecule is CC1(C)CCCC2CCCN21.Cc1nnnn1-c1cc(Nc2ncc(F)c(N)n2)c(F)cc1O. The number of aromatic hydroxyl groups is 1. The first-order chi connectivity index (χ1) is 16.2. The third-order valence-electron chi connectivity index (χ3n) is 6.42. The maximum atomic E-state index is 14.0. The van der Waals surface area contributed by atoms with Gasteiger partial charge in [-0.25, -0.2) is 13.8 Å². The van der Waals surface area contributed by atoms with E-state index < -0.39 is 11.6 Å². The highest BCUT2D eigenvalue weighted by atomic mass is 19.1. The molecule has 1 atom stereocenters. The number of anilines is 3. The number of aryl methyl sites for hydroxylation is 1. The van der Waals surface area contributed by atoms with Gasteiger partial charge in [0.15, 0.2) is 23.3 Å². The van der Waals surface area contributed by atoms with Crippen LogP contribution in [0.15, 0.2) is 18.3 Å². The van der Waals surface area contributed by atoms with Crippen molar-refractivity contribution in [1.82, 2.24) is 35.1 Å². The lowest BCUT2D eigenvalue weighted by Gasteiger charge is -2.44. The molecule has 2 aliphatic rings. The van der Waals surface area contributed by atoms with Gasteiger partial charge in [0.05, 0.1) is 11.9 Å². The zero-order valence-corrected chi connectivity index (χ0v) is 19.5. The fraction of sp³-hybridized carbons (Fsp3) is 0.500. The van der Waals surface area contributed by atoms with Crippen LogP contribution in [0, 0.1) is 18.6 Å². The summed E-state index contributed by atoms with van der Waals surface area (Å²) in [6, 6.07) is 3.08. The molecular formula is C22H29F2N9O. The molecule has 10 nitrogen and oxygen atoms in total. The number of tetrazole rings is 1. The van der Waals surface area contributed by atoms with E-state index in [-0.39, 0.29) is 28.9 Å². The molecule has 2 fully saturated rings. The Kier molecular flexibility index (Phi) is 6.60. The van der Waals surface area contributed by atoms with Crippen molar-refractivity contribution in [3.8, 4) is 11.4 Å². The number of rotatable bonds is 3. The van der Waals surface area contributed by atoms with E-state index in [1.807, 2.05) is 0 Å². The first kappa shape index (κ1) is 23.7. The maximum absolute atomic E-state index is 14.0. The zero-order chi connectivity index (χ0) is 24.5. The Morgan fingerprint density at radius 2 is 1.94 bits per heavy atom. The van der Waals surface area contributed by atoms with Crippen molar-refractivity contribution in [2.24, 2.45) is 0 Å². The Bertz CT molecular complexity index is 1170. The predicted octanol–water partition coefficient (Wildman–Crippen LogP) is 3.48. The highest BCUT2D eigenvalue weighted by Gasteiger charge is 2.38. The second kappa shape index (κ2) is 9.45. The van der Waals surface area contributed by atoms with Crippen LogP contribution in [0.5, 0.6) is 5.75 Å². The van der Waals surface area contributed by atoms with Crippen LogP contribution in [0.25, 0.3) is 5.69 Å². The lowest BCUT2D eigenvalue weighted by atomic mass is 9.87. The highest BCUT2D eigenvalue weighted by molar-refractivity contribution is 5.63. The fourth-order valence-corrected chi connectivity index (χ4v) is 4.68. The molecule has 0 bridgehead atoms. The van der Waals surface area contributed by atoms with Gasteiger partial charge in [-0.1, -0.05) is 6.42 Å². The maximum Gasteiger partial charge on any atom is 0.229 e. The number of nitrogens with two attached hydrogens (primary N) is 1. The third kappa shape index (κ3) is 4.91. The molecular weight excluding hydrogens is 444 g/mol. The Morgan fingerprint density at radius 3 is 2.62 bits per heavy atom. The molecule has 12 heteroatoms. The Hall–Kier alpha value is -3.41. The number of nitrogen functional groups attached to an aromatic ring is 1. The number of benzene rings is 1. The molecule has 5 rings (SSSR count). The second-order valence-corrected chi connectivity index (χ2v) is 9.20. The number of hydrogen-bond donors (Lipinski definition) is 3. The molecule has 182 valence electrons. The molecule has 1 unspecified atom stereocenters. The van der Waals surface area contributed by atoms with Gasteiger partial charge in [0, 0.05) is 17.6 Å². The van der Waals surface area contributed by atoms with Crippen molar-refractivity contribution >= 4 is 17.5 Å². The van der Waals surface area contributed by atoms with Gasteiger partial charge in [-0.3, -0.25) is 4.90 Å². The van der Waals surface area contributed by atoms with Crippen LogP contribution in [-0.2, 0) is 0 Å². The van der Waals surface area contributed by atoms with Crippen LogP contribution in [0.1, 0.15) is 51.8 Å². The molecule has 0 aliphatic carbocycles. The summed E-state index contributed by atoms with van der Waals surface area (Å²) in [5.41, 5.74) is 5.92. The molecule has 2 aromatic heterocycles. The van der Waals surface area contributed by atoms with Crippen LogP contribution in [0.4, 0.5) is 26.2 Å². The van der Waals surface area contributed by atoms with Gasteiger partial charge in [0.2, 0.25) is 5.95 Å². The van der Waals surface area contributed by atoms with Gasteiger partial charge in [0.1, 0.15) is 11.4 Å². The van der Waals surface area contributed by atoms with Crippen LogP contribution in [0.3, 0.4) is 0 Å². The quantitative estimate of drug-likeness (QED) is 0.489. The Morgan fingerprint density at radius 1 is 1.18 bits per heavy atom. The summed E-state index contributed by atoms with van der Waals surface area (Å²) in [7, 11) is 0. The van der Waals surface area contributed by atoms with Gasteiger partial charge >= 0.3 is 0 Å². The van der Waals surface area contributed by atoms with Gasteiger partial charge < -0.3 is 16.2 Å². The lowest BCUT2D eigenvalue weighted by molar-refractivity contribution is 0.0567. The summed E-state index contributed by atoms with van der Waals surface area (Å²) in [6.07, 6.45) is 8.08. The first-order valence-electron chi connectivity index (χ1n) is 11.3. The summed E-state index contributed by atoms with van der Waals surface area (Å²) in [5, 5.41) is 23.3. The summed E-state index contributed by atoms with van der Waals surface area (Å²) < 4.78 is 28.3. The van der Waals surface area contributed by atoms with Crippen molar-refractivity contribution in [1.29, 1.82) is 0 Å². The molecule has 0 spiro atoms. The zero-order valence-electron chi connectivity index (χ0n) is 19.5.